The predicted octanol–water partition coefficient (Wildman–Crippen LogP) is 1.52. The van der Waals surface area contributed by atoms with Gasteiger partial charge in [0.05, 0.1) is 6.04 Å². The van der Waals surface area contributed by atoms with Crippen molar-refractivity contribution >= 4 is 11.8 Å². The third-order valence-electron chi connectivity index (χ3n) is 4.90. The van der Waals surface area contributed by atoms with E-state index < -0.39 is 0 Å². The van der Waals surface area contributed by atoms with Crippen molar-refractivity contribution in [3.8, 4) is 0 Å². The molecule has 2 N–H and O–H groups in total. The van der Waals surface area contributed by atoms with E-state index in [9.17, 15) is 14.4 Å². The number of aromatic amines is 1. The lowest BCUT2D eigenvalue weighted by molar-refractivity contribution is -0.122. The third kappa shape index (κ3) is 2.95. The Labute approximate surface area is 144 Å². The van der Waals surface area contributed by atoms with Crippen LogP contribution < -0.4 is 10.9 Å². The minimum absolute atomic E-state index is 0.0443. The van der Waals surface area contributed by atoms with Crippen molar-refractivity contribution in [2.24, 2.45) is 0 Å². The fourth-order valence-electron chi connectivity index (χ4n) is 3.71. The molecule has 2 amide bonds. The average Bonchev–Trinajstić information content (AvgIpc) is 2.91. The molecule has 0 radical (unpaired) electrons. The van der Waals surface area contributed by atoms with Gasteiger partial charge in [0.1, 0.15) is 6.54 Å². The number of fused-ring (bicyclic) bond motifs is 2. The number of benzene rings is 1. The summed E-state index contributed by atoms with van der Waals surface area (Å²) < 4.78 is 0. The second-order valence-corrected chi connectivity index (χ2v) is 6.59. The predicted molar refractivity (Wildman–Crippen MR) is 92.1 cm³/mol. The van der Waals surface area contributed by atoms with E-state index in [0.717, 1.165) is 36.1 Å². The van der Waals surface area contributed by atoms with Crippen LogP contribution in [0, 0.1) is 0 Å². The highest BCUT2D eigenvalue weighted by Gasteiger charge is 2.29. The third-order valence-corrected chi connectivity index (χ3v) is 4.90. The van der Waals surface area contributed by atoms with E-state index in [1.165, 1.54) is 6.07 Å². The van der Waals surface area contributed by atoms with Crippen molar-refractivity contribution < 1.29 is 9.59 Å². The van der Waals surface area contributed by atoms with E-state index in [0.29, 0.717) is 12.1 Å². The molecule has 1 atom stereocenters. The molecule has 0 saturated heterocycles. The SMILES string of the molecule is O=C(CN1Cc2ccccc2C1=O)NC1CCCc2[nH]c(=O)ccc21. The maximum absolute atomic E-state index is 12.5. The highest BCUT2D eigenvalue weighted by atomic mass is 16.2. The number of nitrogens with zero attached hydrogens (tertiary/aromatic N) is 1. The van der Waals surface area contributed by atoms with E-state index in [1.54, 1.807) is 17.0 Å². The minimum Gasteiger partial charge on any atom is -0.348 e. The number of H-pyrrole nitrogens is 1. The number of nitrogens with one attached hydrogen (secondary N) is 2. The summed E-state index contributed by atoms with van der Waals surface area (Å²) in [5.41, 5.74) is 3.38. The zero-order valence-electron chi connectivity index (χ0n) is 13.7. The van der Waals surface area contributed by atoms with Crippen LogP contribution in [0.4, 0.5) is 0 Å². The Balaban J connectivity index is 1.44. The Kier molecular flexibility index (Phi) is 3.87. The van der Waals surface area contributed by atoms with Crippen molar-refractivity contribution in [3.63, 3.8) is 0 Å². The van der Waals surface area contributed by atoms with Gasteiger partial charge in [-0.3, -0.25) is 14.4 Å². The number of amides is 2. The summed E-state index contributed by atoms with van der Waals surface area (Å²) in [6, 6.07) is 10.6. The smallest absolute Gasteiger partial charge is 0.254 e. The molecule has 1 aromatic heterocycles. The molecule has 2 heterocycles. The summed E-state index contributed by atoms with van der Waals surface area (Å²) in [5.74, 6) is -0.274. The van der Waals surface area contributed by atoms with Crippen molar-refractivity contribution in [2.45, 2.75) is 31.8 Å². The largest absolute Gasteiger partial charge is 0.348 e. The van der Waals surface area contributed by atoms with Crippen LogP contribution in [0.1, 0.15) is 46.1 Å². The van der Waals surface area contributed by atoms with E-state index in [1.807, 2.05) is 18.2 Å². The van der Waals surface area contributed by atoms with Gasteiger partial charge in [0.25, 0.3) is 5.91 Å². The van der Waals surface area contributed by atoms with Crippen LogP contribution in [0.25, 0.3) is 0 Å². The highest BCUT2D eigenvalue weighted by molar-refractivity contribution is 6.00. The molecule has 4 rings (SSSR count). The van der Waals surface area contributed by atoms with Crippen molar-refractivity contribution in [1.29, 1.82) is 0 Å². The lowest BCUT2D eigenvalue weighted by Crippen LogP contribution is -2.40. The van der Waals surface area contributed by atoms with E-state index in [-0.39, 0.29) is 30.0 Å². The topological polar surface area (TPSA) is 82.3 Å². The van der Waals surface area contributed by atoms with Crippen LogP contribution in [0.3, 0.4) is 0 Å². The Hall–Kier alpha value is -2.89. The van der Waals surface area contributed by atoms with Crippen LogP contribution in [0.2, 0.25) is 0 Å². The van der Waals surface area contributed by atoms with Gasteiger partial charge in [0, 0.05) is 23.9 Å². The number of hydrogen-bond donors (Lipinski definition) is 2. The second kappa shape index (κ2) is 6.20. The monoisotopic (exact) mass is 337 g/mol. The van der Waals surface area contributed by atoms with Crippen LogP contribution in [-0.4, -0.2) is 28.2 Å². The molecular formula is C19H19N3O3. The van der Waals surface area contributed by atoms with Gasteiger partial charge in [0.15, 0.2) is 0 Å². The minimum atomic E-state index is -0.176. The lowest BCUT2D eigenvalue weighted by atomic mass is 9.91. The van der Waals surface area contributed by atoms with Gasteiger partial charge < -0.3 is 15.2 Å². The molecule has 0 fully saturated rings. The number of aromatic nitrogens is 1. The van der Waals surface area contributed by atoms with Crippen molar-refractivity contribution in [2.75, 3.05) is 6.54 Å². The number of aryl methyl sites for hydroxylation is 1. The normalized spacial score (nSPS) is 18.6. The van der Waals surface area contributed by atoms with Crippen LogP contribution in [-0.2, 0) is 17.8 Å². The molecular weight excluding hydrogens is 318 g/mol. The number of carbonyl (C=O) groups excluding carboxylic acids is 2. The van der Waals surface area contributed by atoms with Gasteiger partial charge in [0.2, 0.25) is 11.5 Å². The molecule has 0 bridgehead atoms. The molecule has 25 heavy (non-hydrogen) atoms. The maximum Gasteiger partial charge on any atom is 0.254 e. The van der Waals surface area contributed by atoms with Crippen molar-refractivity contribution in [3.05, 3.63) is 69.1 Å². The molecule has 128 valence electrons. The van der Waals surface area contributed by atoms with Gasteiger partial charge >= 0.3 is 0 Å². The fraction of sp³-hybridized carbons (Fsp3) is 0.316. The molecule has 6 heteroatoms. The first-order valence-corrected chi connectivity index (χ1v) is 8.50. The first-order chi connectivity index (χ1) is 12.1. The number of pyridine rings is 1. The fourth-order valence-corrected chi connectivity index (χ4v) is 3.71. The first-order valence-electron chi connectivity index (χ1n) is 8.50. The standard InChI is InChI=1S/C19H19N3O3/c23-17-9-8-14-15(20-17)6-3-7-16(14)21-18(24)11-22-10-12-4-1-2-5-13(12)19(22)25/h1-2,4-5,8-9,16H,3,6-7,10-11H2,(H,20,23)(H,21,24). The van der Waals surface area contributed by atoms with E-state index in [2.05, 4.69) is 10.3 Å². The average molecular weight is 337 g/mol. The number of rotatable bonds is 3. The summed E-state index contributed by atoms with van der Waals surface area (Å²) in [6.45, 7) is 0.514. The Morgan fingerprint density at radius 1 is 1.20 bits per heavy atom. The molecule has 2 aliphatic rings. The van der Waals surface area contributed by atoms with Gasteiger partial charge in [-0.25, -0.2) is 0 Å². The highest BCUT2D eigenvalue weighted by Crippen LogP contribution is 2.27. The number of carbonyl (C=O) groups is 2. The summed E-state index contributed by atoms with van der Waals surface area (Å²) in [7, 11) is 0. The molecule has 0 spiro atoms. The summed E-state index contributed by atoms with van der Waals surface area (Å²) in [4.78, 5) is 40.7. The Bertz CT molecular complexity index is 903. The zero-order valence-corrected chi connectivity index (χ0v) is 13.7. The zero-order chi connectivity index (χ0) is 17.4. The van der Waals surface area contributed by atoms with Crippen LogP contribution >= 0.6 is 0 Å². The Morgan fingerprint density at radius 2 is 2.04 bits per heavy atom. The molecule has 1 aromatic carbocycles. The van der Waals surface area contributed by atoms with Crippen LogP contribution in [0.5, 0.6) is 0 Å². The maximum atomic E-state index is 12.5. The van der Waals surface area contributed by atoms with Gasteiger partial charge in [-0.15, -0.1) is 0 Å². The summed E-state index contributed by atoms with van der Waals surface area (Å²) >= 11 is 0. The first kappa shape index (κ1) is 15.6. The Morgan fingerprint density at radius 3 is 2.88 bits per heavy atom. The van der Waals surface area contributed by atoms with Gasteiger partial charge in [-0.05, 0) is 42.5 Å². The van der Waals surface area contributed by atoms with E-state index >= 15 is 0 Å². The van der Waals surface area contributed by atoms with E-state index in [4.69, 9.17) is 0 Å². The van der Waals surface area contributed by atoms with Gasteiger partial charge in [-0.2, -0.15) is 0 Å². The second-order valence-electron chi connectivity index (χ2n) is 6.59. The van der Waals surface area contributed by atoms with Crippen LogP contribution in [0.15, 0.2) is 41.2 Å². The molecule has 1 aliphatic heterocycles. The molecule has 1 unspecified atom stereocenters. The molecule has 1 aliphatic carbocycles. The van der Waals surface area contributed by atoms with Gasteiger partial charge in [-0.1, -0.05) is 18.2 Å². The molecule has 6 nitrogen and oxygen atoms in total. The molecule has 2 aromatic rings. The molecule has 0 saturated carbocycles. The number of hydrogen-bond acceptors (Lipinski definition) is 3. The summed E-state index contributed by atoms with van der Waals surface area (Å²) in [6.07, 6.45) is 2.56. The van der Waals surface area contributed by atoms with Crippen molar-refractivity contribution in [1.82, 2.24) is 15.2 Å². The lowest BCUT2D eigenvalue weighted by Gasteiger charge is -2.26. The summed E-state index contributed by atoms with van der Waals surface area (Å²) in [5, 5.41) is 3.01. The quantitative estimate of drug-likeness (QED) is 0.891.